The molecular weight excluding hydrogens is 240 g/mol. The molecule has 1 aromatic carbocycles. The highest BCUT2D eigenvalue weighted by Crippen LogP contribution is 2.08. The van der Waals surface area contributed by atoms with Crippen molar-refractivity contribution in [1.82, 2.24) is 10.1 Å². The van der Waals surface area contributed by atoms with Gasteiger partial charge in [-0.25, -0.2) is 0 Å². The highest BCUT2D eigenvalue weighted by atomic mass is 16.5. The number of benzene rings is 1. The summed E-state index contributed by atoms with van der Waals surface area (Å²) < 4.78 is 4.98. The van der Waals surface area contributed by atoms with Gasteiger partial charge in [-0.05, 0) is 19.4 Å². The first-order valence-corrected chi connectivity index (χ1v) is 6.43. The Morgan fingerprint density at radius 2 is 2.05 bits per heavy atom. The van der Waals surface area contributed by atoms with E-state index in [0.717, 1.165) is 11.3 Å². The van der Waals surface area contributed by atoms with Gasteiger partial charge in [-0.2, -0.15) is 0 Å². The molecule has 0 aliphatic rings. The maximum Gasteiger partial charge on any atom is 0.229 e. The smallest absolute Gasteiger partial charge is 0.229 e. The number of carbonyl (C=O) groups is 1. The number of hydrogen-bond acceptors (Lipinski definition) is 3. The average molecular weight is 258 g/mol. The van der Waals surface area contributed by atoms with Crippen LogP contribution in [-0.2, 0) is 17.8 Å². The third kappa shape index (κ3) is 3.68. The van der Waals surface area contributed by atoms with Crippen LogP contribution in [0, 0.1) is 6.92 Å². The van der Waals surface area contributed by atoms with Crippen LogP contribution < -0.4 is 0 Å². The van der Waals surface area contributed by atoms with Gasteiger partial charge in [-0.15, -0.1) is 0 Å². The van der Waals surface area contributed by atoms with Crippen LogP contribution in [0.25, 0.3) is 0 Å². The monoisotopic (exact) mass is 258 g/mol. The van der Waals surface area contributed by atoms with Crippen molar-refractivity contribution in [1.29, 1.82) is 0 Å². The van der Waals surface area contributed by atoms with Crippen LogP contribution in [0.5, 0.6) is 0 Å². The molecule has 0 aliphatic carbocycles. The molecule has 0 unspecified atom stereocenters. The van der Waals surface area contributed by atoms with Gasteiger partial charge in [0.25, 0.3) is 0 Å². The Bertz CT molecular complexity index is 534. The first-order chi connectivity index (χ1) is 9.19. The maximum absolute atomic E-state index is 12.2. The van der Waals surface area contributed by atoms with Crippen LogP contribution in [0.3, 0.4) is 0 Å². The third-order valence-corrected chi connectivity index (χ3v) is 2.96. The lowest BCUT2D eigenvalue weighted by atomic mass is 10.2. The van der Waals surface area contributed by atoms with E-state index in [2.05, 4.69) is 5.16 Å². The number of likely N-dealkylation sites (N-methyl/N-ethyl adjacent to an activating group) is 1. The van der Waals surface area contributed by atoms with Crippen molar-refractivity contribution in [3.8, 4) is 0 Å². The fourth-order valence-corrected chi connectivity index (χ4v) is 1.95. The predicted octanol–water partition coefficient (Wildman–Crippen LogP) is 2.57. The van der Waals surface area contributed by atoms with E-state index in [1.807, 2.05) is 49.1 Å². The van der Waals surface area contributed by atoms with Gasteiger partial charge in [-0.3, -0.25) is 4.79 Å². The van der Waals surface area contributed by atoms with Gasteiger partial charge in [0.15, 0.2) is 0 Å². The first-order valence-electron chi connectivity index (χ1n) is 6.43. The minimum atomic E-state index is 0.0691. The van der Waals surface area contributed by atoms with Gasteiger partial charge >= 0.3 is 0 Å². The highest BCUT2D eigenvalue weighted by Gasteiger charge is 2.14. The number of aryl methyl sites for hydroxylation is 1. The van der Waals surface area contributed by atoms with Crippen molar-refractivity contribution in [2.45, 2.75) is 26.8 Å². The van der Waals surface area contributed by atoms with E-state index in [0.29, 0.717) is 18.8 Å². The van der Waals surface area contributed by atoms with Crippen molar-refractivity contribution in [3.05, 3.63) is 53.4 Å². The van der Waals surface area contributed by atoms with Crippen LogP contribution >= 0.6 is 0 Å². The Kier molecular flexibility index (Phi) is 4.34. The summed E-state index contributed by atoms with van der Waals surface area (Å²) in [6.45, 7) is 5.12. The second kappa shape index (κ2) is 6.18. The van der Waals surface area contributed by atoms with Crippen molar-refractivity contribution < 1.29 is 9.32 Å². The van der Waals surface area contributed by atoms with E-state index in [-0.39, 0.29) is 12.3 Å². The molecule has 0 N–H and O–H groups in total. The minimum absolute atomic E-state index is 0.0691. The molecule has 1 amide bonds. The average Bonchev–Trinajstić information content (AvgIpc) is 2.82. The molecule has 0 atom stereocenters. The summed E-state index contributed by atoms with van der Waals surface area (Å²) >= 11 is 0. The molecule has 0 radical (unpaired) electrons. The third-order valence-electron chi connectivity index (χ3n) is 2.96. The number of aromatic nitrogens is 1. The van der Waals surface area contributed by atoms with E-state index in [9.17, 15) is 4.79 Å². The number of amides is 1. The second-order valence-corrected chi connectivity index (χ2v) is 4.50. The molecule has 1 heterocycles. The Balaban J connectivity index is 1.99. The molecule has 0 spiro atoms. The molecule has 2 rings (SSSR count). The van der Waals surface area contributed by atoms with Crippen molar-refractivity contribution in [2.24, 2.45) is 0 Å². The lowest BCUT2D eigenvalue weighted by molar-refractivity contribution is -0.130. The lowest BCUT2D eigenvalue weighted by Crippen LogP contribution is -2.31. The van der Waals surface area contributed by atoms with Gasteiger partial charge in [0.1, 0.15) is 5.76 Å². The van der Waals surface area contributed by atoms with Crippen LogP contribution in [0.4, 0.5) is 0 Å². The molecule has 0 aliphatic heterocycles. The second-order valence-electron chi connectivity index (χ2n) is 4.50. The SMILES string of the molecule is CCN(Cc1ccccc1)C(=O)Cc1cc(C)on1. The molecular formula is C15H18N2O2. The van der Waals surface area contributed by atoms with Crippen LogP contribution in [0.1, 0.15) is 23.9 Å². The van der Waals surface area contributed by atoms with E-state index in [1.54, 1.807) is 6.07 Å². The fourth-order valence-electron chi connectivity index (χ4n) is 1.95. The van der Waals surface area contributed by atoms with Crippen LogP contribution in [0.15, 0.2) is 40.9 Å². The molecule has 1 aromatic heterocycles. The largest absolute Gasteiger partial charge is 0.361 e. The summed E-state index contributed by atoms with van der Waals surface area (Å²) in [5, 5.41) is 3.86. The van der Waals surface area contributed by atoms with Crippen LogP contribution in [-0.4, -0.2) is 22.5 Å². The number of carbonyl (C=O) groups excluding carboxylic acids is 1. The number of nitrogens with zero attached hydrogens (tertiary/aromatic N) is 2. The lowest BCUT2D eigenvalue weighted by Gasteiger charge is -2.20. The summed E-state index contributed by atoms with van der Waals surface area (Å²) in [5.74, 6) is 0.800. The van der Waals surface area contributed by atoms with E-state index >= 15 is 0 Å². The Hall–Kier alpha value is -2.10. The number of hydrogen-bond donors (Lipinski definition) is 0. The fraction of sp³-hybridized carbons (Fsp3) is 0.333. The van der Waals surface area contributed by atoms with Crippen LogP contribution in [0.2, 0.25) is 0 Å². The Morgan fingerprint density at radius 3 is 2.63 bits per heavy atom. The summed E-state index contributed by atoms with van der Waals surface area (Å²) in [6, 6.07) is 11.8. The quantitative estimate of drug-likeness (QED) is 0.828. The van der Waals surface area contributed by atoms with Crippen molar-refractivity contribution in [2.75, 3.05) is 6.54 Å². The summed E-state index contributed by atoms with van der Waals surface area (Å²) in [5.41, 5.74) is 1.82. The standard InChI is InChI=1S/C15H18N2O2/c1-3-17(11-13-7-5-4-6-8-13)15(18)10-14-9-12(2)19-16-14/h4-9H,3,10-11H2,1-2H3. The van der Waals surface area contributed by atoms with Gasteiger partial charge in [0, 0.05) is 19.2 Å². The highest BCUT2D eigenvalue weighted by molar-refractivity contribution is 5.78. The molecule has 0 saturated carbocycles. The van der Waals surface area contributed by atoms with Gasteiger partial charge < -0.3 is 9.42 Å². The Morgan fingerprint density at radius 1 is 1.32 bits per heavy atom. The van der Waals surface area contributed by atoms with Crippen molar-refractivity contribution >= 4 is 5.91 Å². The summed E-state index contributed by atoms with van der Waals surface area (Å²) in [6.07, 6.45) is 0.290. The molecule has 100 valence electrons. The van der Waals surface area contributed by atoms with Gasteiger partial charge in [0.05, 0.1) is 12.1 Å². The first kappa shape index (κ1) is 13.3. The van der Waals surface area contributed by atoms with E-state index in [4.69, 9.17) is 4.52 Å². The summed E-state index contributed by atoms with van der Waals surface area (Å²) in [4.78, 5) is 14.0. The zero-order chi connectivity index (χ0) is 13.7. The van der Waals surface area contributed by atoms with E-state index < -0.39 is 0 Å². The van der Waals surface area contributed by atoms with Crippen molar-refractivity contribution in [3.63, 3.8) is 0 Å². The molecule has 0 bridgehead atoms. The van der Waals surface area contributed by atoms with Gasteiger partial charge in [0.2, 0.25) is 5.91 Å². The number of rotatable bonds is 5. The topological polar surface area (TPSA) is 46.3 Å². The molecule has 0 fully saturated rings. The minimum Gasteiger partial charge on any atom is -0.361 e. The molecule has 19 heavy (non-hydrogen) atoms. The normalized spacial score (nSPS) is 10.4. The zero-order valence-corrected chi connectivity index (χ0v) is 11.3. The summed E-state index contributed by atoms with van der Waals surface area (Å²) in [7, 11) is 0. The molecule has 4 heteroatoms. The zero-order valence-electron chi connectivity index (χ0n) is 11.3. The van der Waals surface area contributed by atoms with Gasteiger partial charge in [-0.1, -0.05) is 35.5 Å². The van der Waals surface area contributed by atoms with E-state index in [1.165, 1.54) is 0 Å². The molecule has 4 nitrogen and oxygen atoms in total. The molecule has 0 saturated heterocycles. The Labute approximate surface area is 113 Å². The molecule has 2 aromatic rings. The predicted molar refractivity (Wildman–Crippen MR) is 72.5 cm³/mol. The maximum atomic E-state index is 12.2.